The maximum absolute atomic E-state index is 2.87. The van der Waals surface area contributed by atoms with Crippen LogP contribution in [0.2, 0.25) is 0 Å². The summed E-state index contributed by atoms with van der Waals surface area (Å²) in [6.45, 7) is 9.89. The molecule has 1 heterocycles. The molecule has 0 spiro atoms. The van der Waals surface area contributed by atoms with Gasteiger partial charge in [-0.15, -0.1) is 0 Å². The predicted octanol–water partition coefficient (Wildman–Crippen LogP) is 7.08. The van der Waals surface area contributed by atoms with Gasteiger partial charge in [-0.2, -0.15) is 0 Å². The quantitative estimate of drug-likeness (QED) is 0.309. The molecule has 154 valence electrons. The fourth-order valence-electron chi connectivity index (χ4n) is 7.14. The Hall–Kier alpha value is -0.300. The highest BCUT2D eigenvalue weighted by molar-refractivity contribution is 5.10. The monoisotopic (exact) mass is 371 g/mol. The van der Waals surface area contributed by atoms with Crippen LogP contribution in [0.3, 0.4) is 0 Å². The number of allylic oxidation sites excluding steroid dienone is 2. The summed E-state index contributed by atoms with van der Waals surface area (Å²) in [6, 6.07) is 0.986. The summed E-state index contributed by atoms with van der Waals surface area (Å²) in [5.74, 6) is 6.23. The second-order valence-electron chi connectivity index (χ2n) is 10.5. The van der Waals surface area contributed by atoms with Crippen LogP contribution in [0.4, 0.5) is 0 Å². The van der Waals surface area contributed by atoms with Crippen LogP contribution in [0.15, 0.2) is 11.6 Å². The van der Waals surface area contributed by atoms with Gasteiger partial charge in [-0.1, -0.05) is 51.2 Å². The predicted molar refractivity (Wildman–Crippen MR) is 117 cm³/mol. The first kappa shape index (κ1) is 20.0. The average Bonchev–Trinajstić information content (AvgIpc) is 3.43. The highest BCUT2D eigenvalue weighted by Crippen LogP contribution is 2.51. The Morgan fingerprint density at radius 3 is 2.48 bits per heavy atom. The van der Waals surface area contributed by atoms with Gasteiger partial charge in [0.1, 0.15) is 0 Å². The van der Waals surface area contributed by atoms with Gasteiger partial charge in [-0.3, -0.25) is 4.90 Å². The van der Waals surface area contributed by atoms with Crippen molar-refractivity contribution in [3.8, 4) is 0 Å². The lowest BCUT2D eigenvalue weighted by Gasteiger charge is -2.41. The van der Waals surface area contributed by atoms with Crippen molar-refractivity contribution in [3.63, 3.8) is 0 Å². The lowest BCUT2D eigenvalue weighted by molar-refractivity contribution is 0.0967. The van der Waals surface area contributed by atoms with Crippen molar-refractivity contribution in [3.05, 3.63) is 11.6 Å². The molecule has 1 heteroatoms. The summed E-state index contributed by atoms with van der Waals surface area (Å²) in [7, 11) is 0. The second kappa shape index (κ2) is 9.02. The zero-order chi connectivity index (χ0) is 18.8. The molecule has 1 nitrogen and oxygen atoms in total. The Kier molecular flexibility index (Phi) is 6.68. The van der Waals surface area contributed by atoms with E-state index < -0.39 is 0 Å². The van der Waals surface area contributed by atoms with Crippen LogP contribution in [0.25, 0.3) is 0 Å². The summed E-state index contributed by atoms with van der Waals surface area (Å²) >= 11 is 0. The van der Waals surface area contributed by atoms with E-state index in [-0.39, 0.29) is 0 Å². The number of fused-ring (bicyclic) bond motifs is 1. The Labute approximate surface area is 169 Å². The van der Waals surface area contributed by atoms with Crippen LogP contribution >= 0.6 is 0 Å². The summed E-state index contributed by atoms with van der Waals surface area (Å²) in [4.78, 5) is 2.87. The Balaban J connectivity index is 1.21. The fraction of sp³-hybridized carbons (Fsp3) is 0.923. The van der Waals surface area contributed by atoms with Gasteiger partial charge in [0.15, 0.2) is 0 Å². The zero-order valence-electron chi connectivity index (χ0n) is 18.5. The molecule has 4 aliphatic rings. The molecule has 1 aliphatic heterocycles. The third kappa shape index (κ3) is 4.34. The smallest absolute Gasteiger partial charge is 0.0254 e. The van der Waals surface area contributed by atoms with E-state index in [9.17, 15) is 0 Å². The lowest BCUT2D eigenvalue weighted by atomic mass is 9.65. The van der Waals surface area contributed by atoms with Crippen LogP contribution in [-0.4, -0.2) is 24.0 Å². The Bertz CT molecular complexity index is 508. The van der Waals surface area contributed by atoms with E-state index in [1.807, 2.05) is 0 Å². The molecule has 0 aromatic rings. The summed E-state index contributed by atoms with van der Waals surface area (Å²) < 4.78 is 0. The largest absolute Gasteiger partial charge is 0.297 e. The van der Waals surface area contributed by atoms with Gasteiger partial charge in [-0.25, -0.2) is 0 Å². The van der Waals surface area contributed by atoms with Gasteiger partial charge < -0.3 is 0 Å². The molecular weight excluding hydrogens is 326 g/mol. The number of rotatable bonds is 9. The topological polar surface area (TPSA) is 3.01 Å². The van der Waals surface area contributed by atoms with Crippen molar-refractivity contribution in [2.75, 3.05) is 13.1 Å². The van der Waals surface area contributed by atoms with Crippen molar-refractivity contribution >= 4 is 0 Å². The first-order valence-electron chi connectivity index (χ1n) is 12.6. The highest BCUT2D eigenvalue weighted by Gasteiger charge is 2.48. The first-order chi connectivity index (χ1) is 13.2. The van der Waals surface area contributed by atoms with E-state index in [0.717, 1.165) is 41.5 Å². The van der Waals surface area contributed by atoms with Crippen molar-refractivity contribution in [2.24, 2.45) is 35.5 Å². The number of nitrogens with zero attached hydrogens (tertiary/aromatic N) is 1. The van der Waals surface area contributed by atoms with E-state index in [2.05, 4.69) is 31.7 Å². The molecule has 0 radical (unpaired) electrons. The zero-order valence-corrected chi connectivity index (χ0v) is 18.5. The third-order valence-electron chi connectivity index (χ3n) is 9.35. The molecule has 4 fully saturated rings. The van der Waals surface area contributed by atoms with Crippen molar-refractivity contribution in [1.82, 2.24) is 4.90 Å². The lowest BCUT2D eigenvalue weighted by Crippen LogP contribution is -2.35. The Morgan fingerprint density at radius 2 is 1.85 bits per heavy atom. The van der Waals surface area contributed by atoms with Crippen LogP contribution in [0.5, 0.6) is 0 Å². The molecule has 8 atom stereocenters. The molecule has 27 heavy (non-hydrogen) atoms. The molecule has 0 amide bonds. The fourth-order valence-corrected chi connectivity index (χ4v) is 7.14. The normalized spacial score (nSPS) is 42.5. The average molecular weight is 372 g/mol. The summed E-state index contributed by atoms with van der Waals surface area (Å²) in [5.41, 5.74) is 1.75. The molecule has 4 rings (SSSR count). The highest BCUT2D eigenvalue weighted by atomic mass is 15.3. The number of hydrogen-bond acceptors (Lipinski definition) is 1. The van der Waals surface area contributed by atoms with Crippen LogP contribution in [0.1, 0.15) is 97.8 Å². The molecule has 8 unspecified atom stereocenters. The van der Waals surface area contributed by atoms with Crippen LogP contribution < -0.4 is 0 Å². The van der Waals surface area contributed by atoms with E-state index >= 15 is 0 Å². The number of hydrogen-bond donors (Lipinski definition) is 0. The van der Waals surface area contributed by atoms with Crippen molar-refractivity contribution in [2.45, 2.75) is 104 Å². The summed E-state index contributed by atoms with van der Waals surface area (Å²) in [5, 5.41) is 0. The van der Waals surface area contributed by atoms with Gasteiger partial charge in [0.2, 0.25) is 0 Å². The summed E-state index contributed by atoms with van der Waals surface area (Å²) in [6.07, 6.45) is 20.3. The van der Waals surface area contributed by atoms with Gasteiger partial charge in [0.25, 0.3) is 0 Å². The minimum atomic E-state index is 0.935. The molecule has 0 aromatic carbocycles. The third-order valence-corrected chi connectivity index (χ3v) is 9.35. The molecule has 0 bridgehead atoms. The maximum atomic E-state index is 2.87. The second-order valence-corrected chi connectivity index (χ2v) is 10.5. The first-order valence-corrected chi connectivity index (χ1v) is 12.6. The van der Waals surface area contributed by atoms with Gasteiger partial charge >= 0.3 is 0 Å². The van der Waals surface area contributed by atoms with E-state index in [0.29, 0.717) is 0 Å². The molecule has 0 aromatic heterocycles. The molecular formula is C26H45N. The standard InChI is InChI=1S/C26H45N/c1-4-19(17-22-12-13-23(22)20(5-2)6-3)15-16-27-18-26(27)25-10-8-7-9-21-11-14-24(21)25/h5,19,21-26H,4,6-18H2,1-3H3/b20-5+. The minimum absolute atomic E-state index is 0.935. The Morgan fingerprint density at radius 1 is 1.00 bits per heavy atom. The molecule has 0 N–H and O–H groups in total. The van der Waals surface area contributed by atoms with E-state index in [1.165, 1.54) is 64.5 Å². The van der Waals surface area contributed by atoms with Gasteiger partial charge in [0.05, 0.1) is 0 Å². The maximum Gasteiger partial charge on any atom is 0.0254 e. The van der Waals surface area contributed by atoms with E-state index in [4.69, 9.17) is 0 Å². The van der Waals surface area contributed by atoms with Gasteiger partial charge in [0, 0.05) is 12.6 Å². The minimum Gasteiger partial charge on any atom is -0.297 e. The van der Waals surface area contributed by atoms with E-state index in [1.54, 1.807) is 31.3 Å². The van der Waals surface area contributed by atoms with Crippen molar-refractivity contribution in [1.29, 1.82) is 0 Å². The molecule has 3 aliphatic carbocycles. The van der Waals surface area contributed by atoms with Crippen molar-refractivity contribution < 1.29 is 0 Å². The van der Waals surface area contributed by atoms with Crippen LogP contribution in [-0.2, 0) is 0 Å². The van der Waals surface area contributed by atoms with Gasteiger partial charge in [-0.05, 0) is 100 Å². The van der Waals surface area contributed by atoms with Crippen LogP contribution in [0, 0.1) is 35.5 Å². The SMILES string of the molecule is C/C=C(\CC)C1CCC1CC(CC)CCN1CC1C1CCCCC2CCC21. The molecule has 3 saturated carbocycles. The molecule has 1 saturated heterocycles.